The summed E-state index contributed by atoms with van der Waals surface area (Å²) in [6.07, 6.45) is -0.209. The van der Waals surface area contributed by atoms with Crippen molar-refractivity contribution in [3.63, 3.8) is 0 Å². The van der Waals surface area contributed by atoms with Crippen LogP contribution in [0.15, 0.2) is 0 Å². The van der Waals surface area contributed by atoms with Crippen LogP contribution in [-0.4, -0.2) is 78.8 Å². The average molecular weight is 350 g/mol. The number of piperazine rings is 1. The zero-order valence-electron chi connectivity index (χ0n) is 15.7. The quantitative estimate of drug-likeness (QED) is 0.708. The highest BCUT2D eigenvalue weighted by Crippen LogP contribution is 2.08. The molecule has 0 N–H and O–H groups in total. The van der Waals surface area contributed by atoms with Crippen LogP contribution < -0.4 is 0 Å². The predicted molar refractivity (Wildman–Crippen MR) is 98.4 cm³/mol. The molecular formula is C17H36ClN3O2. The van der Waals surface area contributed by atoms with Crippen molar-refractivity contribution in [3.05, 3.63) is 0 Å². The van der Waals surface area contributed by atoms with Crippen LogP contribution in [-0.2, 0) is 4.74 Å². The van der Waals surface area contributed by atoms with Gasteiger partial charge in [-0.1, -0.05) is 13.8 Å². The van der Waals surface area contributed by atoms with Gasteiger partial charge in [-0.15, -0.1) is 12.4 Å². The fraction of sp³-hybridized carbons (Fsp3) is 0.941. The summed E-state index contributed by atoms with van der Waals surface area (Å²) in [7, 11) is 0. The predicted octanol–water partition coefficient (Wildman–Crippen LogP) is 2.94. The van der Waals surface area contributed by atoms with Crippen LogP contribution in [0.5, 0.6) is 0 Å². The summed E-state index contributed by atoms with van der Waals surface area (Å²) in [6, 6.07) is 0.588. The Balaban J connectivity index is 0.00000484. The smallest absolute Gasteiger partial charge is 0.410 e. The lowest BCUT2D eigenvalue weighted by molar-refractivity contribution is 0.0540. The fourth-order valence-electron chi connectivity index (χ4n) is 2.73. The van der Waals surface area contributed by atoms with Gasteiger partial charge in [0.05, 0.1) is 6.10 Å². The third-order valence-electron chi connectivity index (χ3n) is 4.00. The van der Waals surface area contributed by atoms with Crippen LogP contribution in [0.4, 0.5) is 4.79 Å². The number of halogens is 1. The first kappa shape index (κ1) is 22.5. The molecular weight excluding hydrogens is 314 g/mol. The monoisotopic (exact) mass is 349 g/mol. The first-order valence-corrected chi connectivity index (χ1v) is 8.71. The number of ether oxygens (including phenoxy) is 1. The van der Waals surface area contributed by atoms with E-state index in [4.69, 9.17) is 4.74 Å². The van der Waals surface area contributed by atoms with Crippen LogP contribution >= 0.6 is 12.4 Å². The molecule has 23 heavy (non-hydrogen) atoms. The van der Waals surface area contributed by atoms with Crippen molar-refractivity contribution in [2.45, 2.75) is 53.7 Å². The molecule has 138 valence electrons. The third kappa shape index (κ3) is 8.77. The average Bonchev–Trinajstić information content (AvgIpc) is 2.42. The van der Waals surface area contributed by atoms with Crippen LogP contribution in [0, 0.1) is 5.92 Å². The summed E-state index contributed by atoms with van der Waals surface area (Å²) in [5.74, 6) is 0.699. The Kier molecular flexibility index (Phi) is 10.9. The standard InChI is InChI=1S/C17H35N3O2.ClH/c1-14(2)13-20(15(3)4)12-9-18-7-10-19(11-8-18)17(21)22-16(5)6;/h14-16H,7-13H2,1-6H3;1H. The number of nitrogens with zero attached hydrogens (tertiary/aromatic N) is 3. The van der Waals surface area contributed by atoms with Gasteiger partial charge in [0.1, 0.15) is 0 Å². The molecule has 0 aromatic carbocycles. The van der Waals surface area contributed by atoms with Gasteiger partial charge >= 0.3 is 6.09 Å². The van der Waals surface area contributed by atoms with Crippen LogP contribution in [0.2, 0.25) is 0 Å². The van der Waals surface area contributed by atoms with Crippen molar-refractivity contribution >= 4 is 18.5 Å². The maximum absolute atomic E-state index is 11.9. The zero-order valence-corrected chi connectivity index (χ0v) is 16.6. The summed E-state index contributed by atoms with van der Waals surface area (Å²) in [5, 5.41) is 0. The number of amides is 1. The van der Waals surface area contributed by atoms with Gasteiger partial charge in [0.15, 0.2) is 0 Å². The van der Waals surface area contributed by atoms with Gasteiger partial charge in [0.2, 0.25) is 0 Å². The van der Waals surface area contributed by atoms with Gasteiger partial charge in [-0.2, -0.15) is 0 Å². The van der Waals surface area contributed by atoms with Gasteiger partial charge in [0.25, 0.3) is 0 Å². The molecule has 0 radical (unpaired) electrons. The number of carbonyl (C=O) groups excluding carboxylic acids is 1. The topological polar surface area (TPSA) is 36.0 Å². The third-order valence-corrected chi connectivity index (χ3v) is 4.00. The molecule has 0 atom stereocenters. The molecule has 0 bridgehead atoms. The van der Waals surface area contributed by atoms with Crippen molar-refractivity contribution < 1.29 is 9.53 Å². The molecule has 1 fully saturated rings. The lowest BCUT2D eigenvalue weighted by atomic mass is 10.2. The fourth-order valence-corrected chi connectivity index (χ4v) is 2.73. The van der Waals surface area contributed by atoms with E-state index in [-0.39, 0.29) is 24.6 Å². The summed E-state index contributed by atoms with van der Waals surface area (Å²) in [5.41, 5.74) is 0. The maximum Gasteiger partial charge on any atom is 0.410 e. The van der Waals surface area contributed by atoms with Crippen molar-refractivity contribution in [2.75, 3.05) is 45.8 Å². The summed E-state index contributed by atoms with van der Waals surface area (Å²) in [4.78, 5) is 18.7. The van der Waals surface area contributed by atoms with Crippen molar-refractivity contribution in [1.82, 2.24) is 14.7 Å². The lowest BCUT2D eigenvalue weighted by Gasteiger charge is -2.36. The Morgan fingerprint density at radius 2 is 1.61 bits per heavy atom. The Morgan fingerprint density at radius 1 is 1.04 bits per heavy atom. The van der Waals surface area contributed by atoms with Gasteiger partial charge < -0.3 is 9.64 Å². The molecule has 6 heteroatoms. The van der Waals surface area contributed by atoms with Gasteiger partial charge in [-0.05, 0) is 33.6 Å². The molecule has 0 saturated carbocycles. The normalized spacial score (nSPS) is 16.3. The number of hydrogen-bond acceptors (Lipinski definition) is 4. The first-order chi connectivity index (χ1) is 10.3. The van der Waals surface area contributed by atoms with Crippen molar-refractivity contribution in [1.29, 1.82) is 0 Å². The Labute approximate surface area is 148 Å². The molecule has 1 rings (SSSR count). The van der Waals surface area contributed by atoms with E-state index in [1.807, 2.05) is 18.7 Å². The van der Waals surface area contributed by atoms with E-state index in [0.29, 0.717) is 12.0 Å². The van der Waals surface area contributed by atoms with E-state index in [0.717, 1.165) is 45.8 Å². The second-order valence-corrected chi connectivity index (χ2v) is 7.24. The van der Waals surface area contributed by atoms with Crippen LogP contribution in [0.25, 0.3) is 0 Å². The number of hydrogen-bond donors (Lipinski definition) is 0. The summed E-state index contributed by atoms with van der Waals surface area (Å²) >= 11 is 0. The van der Waals surface area contributed by atoms with E-state index in [2.05, 4.69) is 37.5 Å². The molecule has 0 spiro atoms. The highest BCUT2D eigenvalue weighted by molar-refractivity contribution is 5.85. The molecule has 0 aromatic rings. The van der Waals surface area contributed by atoms with Crippen molar-refractivity contribution in [2.24, 2.45) is 5.92 Å². The zero-order chi connectivity index (χ0) is 16.7. The van der Waals surface area contributed by atoms with Gasteiger partial charge in [-0.25, -0.2) is 4.79 Å². The molecule has 5 nitrogen and oxygen atoms in total. The number of rotatable bonds is 7. The van der Waals surface area contributed by atoms with E-state index >= 15 is 0 Å². The Bertz CT molecular complexity index is 330. The highest BCUT2D eigenvalue weighted by atomic mass is 35.5. The first-order valence-electron chi connectivity index (χ1n) is 8.71. The van der Waals surface area contributed by atoms with E-state index in [9.17, 15) is 4.79 Å². The lowest BCUT2D eigenvalue weighted by Crippen LogP contribution is -2.51. The summed E-state index contributed by atoms with van der Waals surface area (Å²) < 4.78 is 5.26. The molecule has 0 unspecified atom stereocenters. The maximum atomic E-state index is 11.9. The molecule has 1 aliphatic rings. The minimum Gasteiger partial charge on any atom is -0.447 e. The van der Waals surface area contributed by atoms with E-state index < -0.39 is 0 Å². The van der Waals surface area contributed by atoms with E-state index in [1.54, 1.807) is 0 Å². The SMILES string of the molecule is CC(C)CN(CCN1CCN(C(=O)OC(C)C)CC1)C(C)C.Cl. The van der Waals surface area contributed by atoms with Crippen molar-refractivity contribution in [3.8, 4) is 0 Å². The molecule has 1 amide bonds. The second-order valence-electron chi connectivity index (χ2n) is 7.24. The summed E-state index contributed by atoms with van der Waals surface area (Å²) in [6.45, 7) is 19.6. The Hall–Kier alpha value is -0.520. The Morgan fingerprint density at radius 3 is 2.04 bits per heavy atom. The molecule has 1 saturated heterocycles. The molecule has 1 aliphatic heterocycles. The molecule has 0 aliphatic carbocycles. The highest BCUT2D eigenvalue weighted by Gasteiger charge is 2.23. The molecule has 1 heterocycles. The largest absolute Gasteiger partial charge is 0.447 e. The van der Waals surface area contributed by atoms with Gasteiger partial charge in [-0.3, -0.25) is 9.80 Å². The molecule has 0 aromatic heterocycles. The van der Waals surface area contributed by atoms with Crippen LogP contribution in [0.1, 0.15) is 41.5 Å². The van der Waals surface area contributed by atoms with E-state index in [1.165, 1.54) is 0 Å². The second kappa shape index (κ2) is 11.1. The van der Waals surface area contributed by atoms with Gasteiger partial charge in [0, 0.05) is 51.9 Å². The minimum atomic E-state index is -0.168. The number of carbonyl (C=O) groups is 1. The van der Waals surface area contributed by atoms with Crippen LogP contribution in [0.3, 0.4) is 0 Å². The minimum absolute atomic E-state index is 0.